The molecule has 0 radical (unpaired) electrons. The molecule has 0 bridgehead atoms. The van der Waals surface area contributed by atoms with E-state index in [4.69, 9.17) is 9.47 Å². The first kappa shape index (κ1) is 21.0. The number of carbonyl (C=O) groups excluding carboxylic acids is 2. The Labute approximate surface area is 172 Å². The number of carbonyl (C=O) groups is 2. The van der Waals surface area contributed by atoms with Gasteiger partial charge in [-0.3, -0.25) is 9.59 Å². The van der Waals surface area contributed by atoms with Gasteiger partial charge < -0.3 is 19.4 Å². The molecule has 2 aromatic carbocycles. The van der Waals surface area contributed by atoms with Crippen LogP contribution in [-0.2, 0) is 20.9 Å². The van der Waals surface area contributed by atoms with Crippen molar-refractivity contribution in [3.8, 4) is 5.75 Å². The number of hydrogen-bond acceptors (Lipinski definition) is 5. The third kappa shape index (κ3) is 4.65. The van der Waals surface area contributed by atoms with Crippen molar-refractivity contribution in [2.24, 2.45) is 0 Å². The molecule has 0 aliphatic heterocycles. The van der Waals surface area contributed by atoms with E-state index in [0.717, 1.165) is 0 Å². The highest BCUT2D eigenvalue weighted by Gasteiger charge is 2.18. The molecule has 156 valence electrons. The average molecular weight is 412 g/mol. The van der Waals surface area contributed by atoms with E-state index < -0.39 is 29.4 Å². The minimum absolute atomic E-state index is 0.0416. The van der Waals surface area contributed by atoms with Gasteiger partial charge >= 0.3 is 5.97 Å². The van der Waals surface area contributed by atoms with Crippen LogP contribution in [0.25, 0.3) is 10.8 Å². The molecule has 1 atom stereocenters. The molecule has 0 spiro atoms. The Morgan fingerprint density at radius 2 is 1.87 bits per heavy atom. The van der Waals surface area contributed by atoms with E-state index in [0.29, 0.717) is 16.5 Å². The Balaban J connectivity index is 1.82. The number of nitrogens with one attached hydrogen (secondary N) is 1. The molecule has 0 aliphatic carbocycles. The van der Waals surface area contributed by atoms with Crippen LogP contribution in [0, 0.1) is 5.82 Å². The summed E-state index contributed by atoms with van der Waals surface area (Å²) < 4.78 is 25.5. The second kappa shape index (κ2) is 9.21. The van der Waals surface area contributed by atoms with E-state index >= 15 is 0 Å². The van der Waals surface area contributed by atoms with Crippen molar-refractivity contribution in [2.45, 2.75) is 26.5 Å². The van der Waals surface area contributed by atoms with Crippen molar-refractivity contribution < 1.29 is 23.5 Å². The summed E-state index contributed by atoms with van der Waals surface area (Å²) in [5.74, 6) is -1.25. The maximum Gasteiger partial charge on any atom is 0.347 e. The summed E-state index contributed by atoms with van der Waals surface area (Å²) in [5, 5.41) is 3.27. The predicted octanol–water partition coefficient (Wildman–Crippen LogP) is 3.11. The highest BCUT2D eigenvalue weighted by molar-refractivity contribution is 5.91. The van der Waals surface area contributed by atoms with Crippen LogP contribution in [0.15, 0.2) is 59.5 Å². The van der Waals surface area contributed by atoms with Crippen LogP contribution >= 0.6 is 0 Å². The quantitative estimate of drug-likeness (QED) is 0.603. The van der Waals surface area contributed by atoms with Gasteiger partial charge in [0.25, 0.3) is 5.56 Å². The minimum Gasteiger partial charge on any atom is -0.478 e. The SMILES string of the molecule is CCOC(=O)[C@H](C)Oc1cccc2c(=O)n(CC(=O)Nc3ccccc3F)ccc12. The molecule has 30 heavy (non-hydrogen) atoms. The fourth-order valence-electron chi connectivity index (χ4n) is 2.92. The molecule has 3 rings (SSSR count). The first-order valence-corrected chi connectivity index (χ1v) is 9.40. The normalized spacial score (nSPS) is 11.7. The molecule has 7 nitrogen and oxygen atoms in total. The topological polar surface area (TPSA) is 86.6 Å². The van der Waals surface area contributed by atoms with Crippen molar-refractivity contribution in [1.82, 2.24) is 4.57 Å². The maximum atomic E-state index is 13.7. The van der Waals surface area contributed by atoms with Gasteiger partial charge in [-0.2, -0.15) is 0 Å². The van der Waals surface area contributed by atoms with Gasteiger partial charge in [-0.05, 0) is 44.2 Å². The van der Waals surface area contributed by atoms with Gasteiger partial charge in [-0.15, -0.1) is 0 Å². The van der Waals surface area contributed by atoms with Gasteiger partial charge in [-0.1, -0.05) is 18.2 Å². The summed E-state index contributed by atoms with van der Waals surface area (Å²) in [6, 6.07) is 12.3. The van der Waals surface area contributed by atoms with Gasteiger partial charge in [0.15, 0.2) is 6.10 Å². The molecule has 1 heterocycles. The summed E-state index contributed by atoms with van der Waals surface area (Å²) in [4.78, 5) is 36.9. The summed E-state index contributed by atoms with van der Waals surface area (Å²) in [6.07, 6.45) is 0.609. The zero-order valence-electron chi connectivity index (χ0n) is 16.6. The van der Waals surface area contributed by atoms with Crippen molar-refractivity contribution in [1.29, 1.82) is 0 Å². The van der Waals surface area contributed by atoms with Crippen LogP contribution in [0.3, 0.4) is 0 Å². The van der Waals surface area contributed by atoms with Gasteiger partial charge in [-0.25, -0.2) is 9.18 Å². The number of aromatic nitrogens is 1. The summed E-state index contributed by atoms with van der Waals surface area (Å²) in [7, 11) is 0. The van der Waals surface area contributed by atoms with E-state index in [-0.39, 0.29) is 18.8 Å². The number of anilines is 1. The van der Waals surface area contributed by atoms with Crippen LogP contribution in [-0.4, -0.2) is 29.2 Å². The minimum atomic E-state index is -0.843. The highest BCUT2D eigenvalue weighted by Crippen LogP contribution is 2.24. The first-order chi connectivity index (χ1) is 14.4. The predicted molar refractivity (Wildman–Crippen MR) is 110 cm³/mol. The van der Waals surface area contributed by atoms with Crippen molar-refractivity contribution in [2.75, 3.05) is 11.9 Å². The van der Waals surface area contributed by atoms with Gasteiger partial charge in [0.2, 0.25) is 5.91 Å². The number of esters is 1. The Morgan fingerprint density at radius 1 is 1.10 bits per heavy atom. The lowest BCUT2D eigenvalue weighted by Crippen LogP contribution is -2.28. The van der Waals surface area contributed by atoms with Crippen LogP contribution in [0.1, 0.15) is 13.8 Å². The van der Waals surface area contributed by atoms with Crippen LogP contribution in [0.4, 0.5) is 10.1 Å². The van der Waals surface area contributed by atoms with Crippen molar-refractivity contribution >= 4 is 28.3 Å². The van der Waals surface area contributed by atoms with E-state index in [1.54, 1.807) is 44.2 Å². The average Bonchev–Trinajstić information content (AvgIpc) is 2.72. The number of ether oxygens (including phenoxy) is 2. The van der Waals surface area contributed by atoms with Crippen LogP contribution in [0.2, 0.25) is 0 Å². The molecule has 1 amide bonds. The van der Waals surface area contributed by atoms with Crippen LogP contribution < -0.4 is 15.6 Å². The lowest BCUT2D eigenvalue weighted by atomic mass is 10.1. The number of nitrogens with zero attached hydrogens (tertiary/aromatic N) is 1. The standard InChI is InChI=1S/C22H21FN2O5/c1-3-29-22(28)14(2)30-19-10-6-7-16-15(19)11-12-25(21(16)27)13-20(26)24-18-9-5-4-8-17(18)23/h4-12,14H,3,13H2,1-2H3,(H,24,26)/t14-/m0/s1. The zero-order valence-corrected chi connectivity index (χ0v) is 16.6. The van der Waals surface area contributed by atoms with Gasteiger partial charge in [0, 0.05) is 11.6 Å². The fraction of sp³-hybridized carbons (Fsp3) is 0.227. The second-order valence-corrected chi connectivity index (χ2v) is 6.51. The third-order valence-corrected chi connectivity index (χ3v) is 4.36. The Hall–Kier alpha value is -3.68. The molecule has 1 N–H and O–H groups in total. The number of para-hydroxylation sites is 1. The smallest absolute Gasteiger partial charge is 0.347 e. The van der Waals surface area contributed by atoms with E-state index in [1.807, 2.05) is 0 Å². The molecule has 0 aliphatic rings. The van der Waals surface area contributed by atoms with E-state index in [9.17, 15) is 18.8 Å². The summed E-state index contributed by atoms with van der Waals surface area (Å²) in [6.45, 7) is 3.22. The number of pyridine rings is 1. The van der Waals surface area contributed by atoms with Gasteiger partial charge in [0.1, 0.15) is 18.1 Å². The summed E-state index contributed by atoms with van der Waals surface area (Å²) >= 11 is 0. The monoisotopic (exact) mass is 412 g/mol. The lowest BCUT2D eigenvalue weighted by molar-refractivity contribution is -0.150. The van der Waals surface area contributed by atoms with Gasteiger partial charge in [0.05, 0.1) is 17.7 Å². The number of halogens is 1. The zero-order chi connectivity index (χ0) is 21.7. The molecular formula is C22H21FN2O5. The lowest BCUT2D eigenvalue weighted by Gasteiger charge is -2.15. The second-order valence-electron chi connectivity index (χ2n) is 6.51. The molecule has 3 aromatic rings. The molecule has 0 unspecified atom stereocenters. The highest BCUT2D eigenvalue weighted by atomic mass is 19.1. The number of hydrogen-bond donors (Lipinski definition) is 1. The fourth-order valence-corrected chi connectivity index (χ4v) is 2.92. The summed E-state index contributed by atoms with van der Waals surface area (Å²) in [5.41, 5.74) is -0.370. The number of amides is 1. The third-order valence-electron chi connectivity index (χ3n) is 4.36. The number of fused-ring (bicyclic) bond motifs is 1. The Morgan fingerprint density at radius 3 is 2.60 bits per heavy atom. The number of rotatable bonds is 7. The molecule has 8 heteroatoms. The van der Waals surface area contributed by atoms with E-state index in [1.165, 1.54) is 29.0 Å². The van der Waals surface area contributed by atoms with Crippen molar-refractivity contribution in [3.05, 3.63) is 70.9 Å². The Bertz CT molecular complexity index is 1140. The van der Waals surface area contributed by atoms with Crippen LogP contribution in [0.5, 0.6) is 5.75 Å². The molecule has 0 saturated carbocycles. The maximum absolute atomic E-state index is 13.7. The largest absolute Gasteiger partial charge is 0.478 e. The van der Waals surface area contributed by atoms with E-state index in [2.05, 4.69) is 5.32 Å². The molecule has 0 fully saturated rings. The molecular weight excluding hydrogens is 391 g/mol. The molecule has 1 aromatic heterocycles. The molecule has 0 saturated heterocycles. The van der Waals surface area contributed by atoms with Crippen molar-refractivity contribution in [3.63, 3.8) is 0 Å². The number of benzene rings is 2. The first-order valence-electron chi connectivity index (χ1n) is 9.40. The Kier molecular flexibility index (Phi) is 6.46.